The lowest BCUT2D eigenvalue weighted by molar-refractivity contribution is -0.115. The average molecular weight is 471 g/mol. The van der Waals surface area contributed by atoms with Gasteiger partial charge >= 0.3 is 0 Å². The molecule has 0 unspecified atom stereocenters. The zero-order chi connectivity index (χ0) is 23.0. The average Bonchev–Trinajstić information content (AvgIpc) is 3.35. The molecule has 0 spiro atoms. The SMILES string of the molecule is Cc1nc(-c2ccc3c(c2)CCN3CC(=O)Nc2cc(S(=O)(=O)N(C)C)ccc2C)cs1. The van der Waals surface area contributed by atoms with Gasteiger partial charge in [-0.05, 0) is 55.7 Å². The highest BCUT2D eigenvalue weighted by atomic mass is 32.2. The summed E-state index contributed by atoms with van der Waals surface area (Å²) in [6.07, 6.45) is 0.870. The van der Waals surface area contributed by atoms with Crippen molar-refractivity contribution in [3.8, 4) is 11.3 Å². The van der Waals surface area contributed by atoms with Crippen molar-refractivity contribution in [3.05, 3.63) is 57.9 Å². The summed E-state index contributed by atoms with van der Waals surface area (Å²) in [7, 11) is -0.602. The number of benzene rings is 2. The van der Waals surface area contributed by atoms with Crippen molar-refractivity contribution >= 4 is 38.6 Å². The highest BCUT2D eigenvalue weighted by molar-refractivity contribution is 7.89. The molecule has 1 N–H and O–H groups in total. The topological polar surface area (TPSA) is 82.6 Å². The number of carbonyl (C=O) groups is 1. The van der Waals surface area contributed by atoms with E-state index in [2.05, 4.69) is 32.7 Å². The van der Waals surface area contributed by atoms with Gasteiger partial charge in [0.1, 0.15) is 0 Å². The van der Waals surface area contributed by atoms with Crippen LogP contribution < -0.4 is 10.2 Å². The highest BCUT2D eigenvalue weighted by Crippen LogP contribution is 2.32. The summed E-state index contributed by atoms with van der Waals surface area (Å²) in [5.41, 5.74) is 5.64. The molecule has 7 nitrogen and oxygen atoms in total. The quantitative estimate of drug-likeness (QED) is 0.594. The van der Waals surface area contributed by atoms with Crippen molar-refractivity contribution in [1.82, 2.24) is 9.29 Å². The second-order valence-corrected chi connectivity index (χ2v) is 11.3. The Labute approximate surface area is 192 Å². The third-order valence-corrected chi connectivity index (χ3v) is 8.17. The molecule has 4 rings (SSSR count). The molecule has 0 bridgehead atoms. The molecule has 1 aromatic heterocycles. The zero-order valence-electron chi connectivity index (χ0n) is 18.5. The first kappa shape index (κ1) is 22.4. The number of hydrogen-bond acceptors (Lipinski definition) is 6. The van der Waals surface area contributed by atoms with Crippen LogP contribution in [0.15, 0.2) is 46.7 Å². The van der Waals surface area contributed by atoms with E-state index in [9.17, 15) is 13.2 Å². The van der Waals surface area contributed by atoms with Crippen LogP contribution in [0.25, 0.3) is 11.3 Å². The number of sulfonamides is 1. The highest BCUT2D eigenvalue weighted by Gasteiger charge is 2.23. The van der Waals surface area contributed by atoms with Crippen LogP contribution in [-0.4, -0.2) is 50.8 Å². The number of aromatic nitrogens is 1. The zero-order valence-corrected chi connectivity index (χ0v) is 20.2. The van der Waals surface area contributed by atoms with Crippen molar-refractivity contribution in [2.75, 3.05) is 37.4 Å². The predicted octanol–water partition coefficient (Wildman–Crippen LogP) is 3.68. The molecule has 0 fully saturated rings. The van der Waals surface area contributed by atoms with Crippen molar-refractivity contribution in [3.63, 3.8) is 0 Å². The summed E-state index contributed by atoms with van der Waals surface area (Å²) < 4.78 is 26.0. The van der Waals surface area contributed by atoms with Crippen LogP contribution in [0, 0.1) is 13.8 Å². The minimum Gasteiger partial charge on any atom is -0.362 e. The monoisotopic (exact) mass is 470 g/mol. The van der Waals surface area contributed by atoms with Crippen molar-refractivity contribution in [2.24, 2.45) is 0 Å². The molecular formula is C23H26N4O3S2. The molecule has 0 saturated carbocycles. The summed E-state index contributed by atoms with van der Waals surface area (Å²) in [5, 5.41) is 5.99. The predicted molar refractivity (Wildman–Crippen MR) is 129 cm³/mol. The standard InChI is InChI=1S/C23H26N4O3S2/c1-15-5-7-19(32(29,30)26(3)4)12-20(15)25-23(28)13-27-10-9-18-11-17(6-8-22(18)27)21-14-31-16(2)24-21/h5-8,11-12,14H,9-10,13H2,1-4H3,(H,25,28). The first-order chi connectivity index (χ1) is 15.1. The Kier molecular flexibility index (Phi) is 6.07. The molecule has 0 aliphatic carbocycles. The van der Waals surface area contributed by atoms with Crippen LogP contribution in [-0.2, 0) is 21.2 Å². The lowest BCUT2D eigenvalue weighted by atomic mass is 10.1. The Balaban J connectivity index is 1.48. The number of nitrogens with zero attached hydrogens (tertiary/aromatic N) is 3. The fourth-order valence-electron chi connectivity index (χ4n) is 3.76. The minimum absolute atomic E-state index is 0.153. The van der Waals surface area contributed by atoms with E-state index in [-0.39, 0.29) is 17.3 Å². The Morgan fingerprint density at radius 2 is 1.97 bits per heavy atom. The van der Waals surface area contributed by atoms with Crippen LogP contribution in [0.4, 0.5) is 11.4 Å². The number of carbonyl (C=O) groups excluding carboxylic acids is 1. The number of aryl methyl sites for hydroxylation is 2. The molecular weight excluding hydrogens is 444 g/mol. The van der Waals surface area contributed by atoms with E-state index in [0.29, 0.717) is 5.69 Å². The smallest absolute Gasteiger partial charge is 0.243 e. The van der Waals surface area contributed by atoms with Gasteiger partial charge in [-0.1, -0.05) is 12.1 Å². The summed E-state index contributed by atoms with van der Waals surface area (Å²) >= 11 is 1.63. The minimum atomic E-state index is -3.57. The van der Waals surface area contributed by atoms with Crippen LogP contribution in [0.1, 0.15) is 16.1 Å². The second kappa shape index (κ2) is 8.65. The third kappa shape index (κ3) is 4.41. The van der Waals surface area contributed by atoms with E-state index in [1.807, 2.05) is 19.9 Å². The molecule has 168 valence electrons. The van der Waals surface area contributed by atoms with E-state index < -0.39 is 10.0 Å². The lowest BCUT2D eigenvalue weighted by Gasteiger charge is -2.20. The molecule has 1 aliphatic rings. The summed E-state index contributed by atoms with van der Waals surface area (Å²) in [4.78, 5) is 19.6. The summed E-state index contributed by atoms with van der Waals surface area (Å²) in [6.45, 7) is 4.80. The fraction of sp³-hybridized carbons (Fsp3) is 0.304. The van der Waals surface area contributed by atoms with E-state index in [4.69, 9.17) is 0 Å². The molecule has 0 saturated heterocycles. The molecule has 3 aromatic rings. The lowest BCUT2D eigenvalue weighted by Crippen LogP contribution is -2.32. The van der Waals surface area contributed by atoms with Crippen LogP contribution >= 0.6 is 11.3 Å². The molecule has 1 aliphatic heterocycles. The first-order valence-corrected chi connectivity index (χ1v) is 12.6. The van der Waals surface area contributed by atoms with E-state index >= 15 is 0 Å². The van der Waals surface area contributed by atoms with Gasteiger partial charge in [-0.2, -0.15) is 0 Å². The van der Waals surface area contributed by atoms with Crippen molar-refractivity contribution in [2.45, 2.75) is 25.2 Å². The van der Waals surface area contributed by atoms with Crippen LogP contribution in [0.3, 0.4) is 0 Å². The Bertz CT molecular complexity index is 1280. The van der Waals surface area contributed by atoms with Gasteiger partial charge in [0.15, 0.2) is 0 Å². The third-order valence-electron chi connectivity index (χ3n) is 5.58. The maximum atomic E-state index is 12.8. The molecule has 0 radical (unpaired) electrons. The van der Waals surface area contributed by atoms with E-state index in [1.165, 1.54) is 25.7 Å². The van der Waals surface area contributed by atoms with Crippen LogP contribution in [0.5, 0.6) is 0 Å². The van der Waals surface area contributed by atoms with Gasteiger partial charge < -0.3 is 10.2 Å². The first-order valence-electron chi connectivity index (χ1n) is 10.3. The Morgan fingerprint density at radius 1 is 1.19 bits per heavy atom. The molecule has 32 heavy (non-hydrogen) atoms. The van der Waals surface area contributed by atoms with Gasteiger partial charge in [-0.15, -0.1) is 11.3 Å². The van der Waals surface area contributed by atoms with Gasteiger partial charge in [-0.3, -0.25) is 4.79 Å². The van der Waals surface area contributed by atoms with Gasteiger partial charge in [0.05, 0.1) is 22.1 Å². The fourth-order valence-corrected chi connectivity index (χ4v) is 5.31. The Morgan fingerprint density at radius 3 is 2.66 bits per heavy atom. The summed E-state index contributed by atoms with van der Waals surface area (Å²) in [5.74, 6) is -0.181. The van der Waals surface area contributed by atoms with Gasteiger partial charge in [0.2, 0.25) is 15.9 Å². The molecule has 2 aromatic carbocycles. The number of anilines is 2. The van der Waals surface area contributed by atoms with Crippen LogP contribution in [0.2, 0.25) is 0 Å². The number of thiazole rings is 1. The van der Waals surface area contributed by atoms with E-state index in [1.54, 1.807) is 23.5 Å². The van der Waals surface area contributed by atoms with E-state index in [0.717, 1.165) is 44.8 Å². The van der Waals surface area contributed by atoms with Gasteiger partial charge in [0, 0.05) is 43.0 Å². The molecule has 2 heterocycles. The molecule has 9 heteroatoms. The largest absolute Gasteiger partial charge is 0.362 e. The number of rotatable bonds is 6. The number of hydrogen-bond donors (Lipinski definition) is 1. The van der Waals surface area contributed by atoms with Gasteiger partial charge in [-0.25, -0.2) is 17.7 Å². The normalized spacial score (nSPS) is 13.5. The maximum Gasteiger partial charge on any atom is 0.243 e. The number of fused-ring (bicyclic) bond motifs is 1. The van der Waals surface area contributed by atoms with Gasteiger partial charge in [0.25, 0.3) is 0 Å². The molecule has 0 atom stereocenters. The number of amides is 1. The Hall–Kier alpha value is -2.75. The van der Waals surface area contributed by atoms with Crippen molar-refractivity contribution < 1.29 is 13.2 Å². The van der Waals surface area contributed by atoms with Crippen molar-refractivity contribution in [1.29, 1.82) is 0 Å². The summed E-state index contributed by atoms with van der Waals surface area (Å²) in [6, 6.07) is 11.0. The molecule has 1 amide bonds. The number of nitrogens with one attached hydrogen (secondary N) is 1. The maximum absolute atomic E-state index is 12.8. The second-order valence-electron chi connectivity index (χ2n) is 8.08.